The van der Waals surface area contributed by atoms with Crippen LogP contribution >= 0.6 is 11.3 Å². The highest BCUT2D eigenvalue weighted by Crippen LogP contribution is 2.30. The number of aryl methyl sites for hydroxylation is 1. The van der Waals surface area contributed by atoms with E-state index in [9.17, 15) is 25.0 Å². The highest BCUT2D eigenvalue weighted by Gasteiger charge is 2.19. The van der Waals surface area contributed by atoms with Crippen LogP contribution in [0.2, 0.25) is 0 Å². The molecule has 12 heteroatoms. The average Bonchev–Trinajstić information content (AvgIpc) is 3.22. The average molecular weight is 457 g/mol. The molecule has 0 fully saturated rings. The van der Waals surface area contributed by atoms with Gasteiger partial charge < -0.3 is 10.1 Å². The molecule has 2 aromatic carbocycles. The fourth-order valence-corrected chi connectivity index (χ4v) is 3.57. The van der Waals surface area contributed by atoms with Crippen molar-refractivity contribution in [2.24, 2.45) is 0 Å². The predicted molar refractivity (Wildman–Crippen MR) is 120 cm³/mol. The van der Waals surface area contributed by atoms with Crippen molar-refractivity contribution in [2.75, 3.05) is 30.9 Å². The van der Waals surface area contributed by atoms with E-state index in [-0.39, 0.29) is 27.8 Å². The van der Waals surface area contributed by atoms with Crippen molar-refractivity contribution in [1.82, 2.24) is 4.98 Å². The van der Waals surface area contributed by atoms with Gasteiger partial charge in [-0.15, -0.1) is 11.3 Å². The van der Waals surface area contributed by atoms with Crippen LogP contribution in [0, 0.1) is 27.2 Å². The summed E-state index contributed by atoms with van der Waals surface area (Å²) in [5, 5.41) is 30.0. The largest absolute Gasteiger partial charge is 0.383 e. The maximum absolute atomic E-state index is 12.6. The maximum atomic E-state index is 12.6. The molecular weight excluding hydrogens is 438 g/mol. The van der Waals surface area contributed by atoms with Crippen molar-refractivity contribution in [3.63, 3.8) is 0 Å². The molecule has 1 heterocycles. The van der Waals surface area contributed by atoms with Gasteiger partial charge in [-0.1, -0.05) is 12.1 Å². The van der Waals surface area contributed by atoms with Crippen LogP contribution in [0.1, 0.15) is 15.9 Å². The molecular formula is C20H19N5O6S. The van der Waals surface area contributed by atoms with Gasteiger partial charge in [0.15, 0.2) is 5.13 Å². The summed E-state index contributed by atoms with van der Waals surface area (Å²) in [5.74, 6) is -0.563. The Labute approximate surface area is 186 Å². The summed E-state index contributed by atoms with van der Waals surface area (Å²) in [6.45, 7) is 2.39. The van der Waals surface area contributed by atoms with Crippen LogP contribution in [-0.2, 0) is 4.74 Å². The smallest absolute Gasteiger partial charge is 0.293 e. The number of nitrogens with zero attached hydrogens (tertiary/aromatic N) is 3. The lowest BCUT2D eigenvalue weighted by Crippen LogP contribution is -2.13. The van der Waals surface area contributed by atoms with E-state index >= 15 is 0 Å². The summed E-state index contributed by atoms with van der Waals surface area (Å²) in [5.41, 5.74) is 1.66. The molecule has 0 atom stereocenters. The van der Waals surface area contributed by atoms with Gasteiger partial charge in [-0.05, 0) is 19.1 Å². The molecule has 1 aromatic heterocycles. The van der Waals surface area contributed by atoms with E-state index in [0.717, 1.165) is 11.3 Å². The molecule has 0 aliphatic carbocycles. The van der Waals surface area contributed by atoms with Crippen molar-refractivity contribution in [2.45, 2.75) is 6.92 Å². The van der Waals surface area contributed by atoms with Crippen LogP contribution in [-0.4, -0.2) is 41.0 Å². The number of ether oxygens (including phenoxy) is 1. The Kier molecular flexibility index (Phi) is 7.07. The molecule has 0 unspecified atom stereocenters. The number of carbonyl (C=O) groups is 1. The molecule has 0 bridgehead atoms. The highest BCUT2D eigenvalue weighted by atomic mass is 32.1. The van der Waals surface area contributed by atoms with Crippen LogP contribution in [0.25, 0.3) is 11.3 Å². The zero-order chi connectivity index (χ0) is 23.3. The van der Waals surface area contributed by atoms with E-state index in [1.807, 2.05) is 0 Å². The minimum Gasteiger partial charge on any atom is -0.383 e. The van der Waals surface area contributed by atoms with E-state index in [0.29, 0.717) is 30.0 Å². The Morgan fingerprint density at radius 1 is 1.12 bits per heavy atom. The first-order valence-corrected chi connectivity index (χ1v) is 10.2. The lowest BCUT2D eigenvalue weighted by Gasteiger charge is -2.08. The number of hydrogen-bond acceptors (Lipinski definition) is 9. The number of benzene rings is 2. The summed E-state index contributed by atoms with van der Waals surface area (Å²) in [4.78, 5) is 38.4. The minimum atomic E-state index is -0.572. The van der Waals surface area contributed by atoms with Crippen molar-refractivity contribution in [3.8, 4) is 11.3 Å². The molecule has 2 N–H and O–H groups in total. The molecule has 0 aliphatic rings. The molecule has 0 spiro atoms. The van der Waals surface area contributed by atoms with E-state index in [4.69, 9.17) is 4.74 Å². The van der Waals surface area contributed by atoms with E-state index < -0.39 is 15.8 Å². The highest BCUT2D eigenvalue weighted by molar-refractivity contribution is 7.14. The number of amides is 1. The molecule has 166 valence electrons. The van der Waals surface area contributed by atoms with Crippen LogP contribution in [0.3, 0.4) is 0 Å². The number of nitrogens with one attached hydrogen (secondary N) is 2. The first-order chi connectivity index (χ1) is 15.3. The normalized spacial score (nSPS) is 10.6. The van der Waals surface area contributed by atoms with Gasteiger partial charge in [-0.25, -0.2) is 4.98 Å². The van der Waals surface area contributed by atoms with Crippen molar-refractivity contribution < 1.29 is 19.4 Å². The Morgan fingerprint density at radius 2 is 1.88 bits per heavy atom. The van der Waals surface area contributed by atoms with Gasteiger partial charge in [-0.2, -0.15) is 0 Å². The Balaban J connectivity index is 1.78. The van der Waals surface area contributed by atoms with Crippen molar-refractivity contribution in [3.05, 3.63) is 73.1 Å². The second-order valence-corrected chi connectivity index (χ2v) is 7.52. The Bertz CT molecular complexity index is 1180. The van der Waals surface area contributed by atoms with Gasteiger partial charge in [0.1, 0.15) is 5.69 Å². The number of anilines is 2. The zero-order valence-electron chi connectivity index (χ0n) is 17.2. The molecule has 11 nitrogen and oxygen atoms in total. The van der Waals surface area contributed by atoms with Gasteiger partial charge in [-0.3, -0.25) is 30.3 Å². The van der Waals surface area contributed by atoms with Crippen LogP contribution in [0.4, 0.5) is 22.2 Å². The van der Waals surface area contributed by atoms with Crippen LogP contribution < -0.4 is 10.6 Å². The summed E-state index contributed by atoms with van der Waals surface area (Å²) < 4.78 is 4.91. The lowest BCUT2D eigenvalue weighted by atomic mass is 10.1. The lowest BCUT2D eigenvalue weighted by molar-refractivity contribution is -0.385. The summed E-state index contributed by atoms with van der Waals surface area (Å²) >= 11 is 1.14. The summed E-state index contributed by atoms with van der Waals surface area (Å²) in [6, 6.07) is 8.88. The van der Waals surface area contributed by atoms with Gasteiger partial charge in [0.05, 0.1) is 22.1 Å². The molecule has 3 aromatic rings. The predicted octanol–water partition coefficient (Wildman–Crippen LogP) is 4.25. The molecule has 0 aliphatic heterocycles. The van der Waals surface area contributed by atoms with Gasteiger partial charge in [0.2, 0.25) is 0 Å². The molecule has 0 saturated heterocycles. The second kappa shape index (κ2) is 9.94. The molecule has 3 rings (SSSR count). The number of nitro groups is 2. The fraction of sp³-hybridized carbons (Fsp3) is 0.200. The summed E-state index contributed by atoms with van der Waals surface area (Å²) in [6.07, 6.45) is 0. The quantitative estimate of drug-likeness (QED) is 0.275. The van der Waals surface area contributed by atoms with E-state index in [2.05, 4.69) is 15.6 Å². The van der Waals surface area contributed by atoms with Crippen LogP contribution in [0.5, 0.6) is 0 Å². The van der Waals surface area contributed by atoms with Crippen molar-refractivity contribution in [1.29, 1.82) is 0 Å². The number of nitro benzene ring substituents is 2. The monoisotopic (exact) mass is 457 g/mol. The number of rotatable bonds is 9. The Hall–Kier alpha value is -3.90. The number of thiazole rings is 1. The standard InChI is InChI=1S/C20H19N5O6S/c1-12-3-4-13(9-17(12)24(27)28)16-11-32-20(22-16)23-19(26)14-5-6-15(21-7-8-31-2)18(10-14)25(29)30/h3-6,9-11,21H,7-8H2,1-2H3,(H,22,23,26). The number of aromatic nitrogens is 1. The maximum Gasteiger partial charge on any atom is 0.293 e. The van der Waals surface area contributed by atoms with E-state index in [1.54, 1.807) is 24.4 Å². The first-order valence-electron chi connectivity index (χ1n) is 9.33. The fourth-order valence-electron chi connectivity index (χ4n) is 2.86. The number of hydrogen-bond donors (Lipinski definition) is 2. The van der Waals surface area contributed by atoms with Gasteiger partial charge in [0.25, 0.3) is 17.3 Å². The van der Waals surface area contributed by atoms with Gasteiger partial charge in [0, 0.05) is 47.9 Å². The molecule has 0 radical (unpaired) electrons. The third-order valence-corrected chi connectivity index (χ3v) is 5.26. The second-order valence-electron chi connectivity index (χ2n) is 6.66. The number of methoxy groups -OCH3 is 1. The third kappa shape index (κ3) is 5.22. The minimum absolute atomic E-state index is 0.0207. The van der Waals surface area contributed by atoms with E-state index in [1.165, 1.54) is 31.4 Å². The topological polar surface area (TPSA) is 150 Å². The third-order valence-electron chi connectivity index (χ3n) is 4.50. The number of carbonyl (C=O) groups excluding carboxylic acids is 1. The summed E-state index contributed by atoms with van der Waals surface area (Å²) in [7, 11) is 1.52. The Morgan fingerprint density at radius 3 is 2.56 bits per heavy atom. The SMILES string of the molecule is COCCNc1ccc(C(=O)Nc2nc(-c3ccc(C)c([N+](=O)[O-])c3)cs2)cc1[N+](=O)[O-]. The molecule has 0 saturated carbocycles. The van der Waals surface area contributed by atoms with Crippen LogP contribution in [0.15, 0.2) is 41.8 Å². The first kappa shape index (κ1) is 22.8. The van der Waals surface area contributed by atoms with Crippen molar-refractivity contribution >= 4 is 39.4 Å². The van der Waals surface area contributed by atoms with Gasteiger partial charge >= 0.3 is 0 Å². The zero-order valence-corrected chi connectivity index (χ0v) is 18.0. The molecule has 32 heavy (non-hydrogen) atoms. The molecule has 1 amide bonds.